The summed E-state index contributed by atoms with van der Waals surface area (Å²) in [6.07, 6.45) is 1.53. The van der Waals surface area contributed by atoms with Crippen molar-refractivity contribution in [1.82, 2.24) is 0 Å². The van der Waals surface area contributed by atoms with Gasteiger partial charge in [-0.25, -0.2) is 0 Å². The number of carbonyl (C=O) groups is 1. The van der Waals surface area contributed by atoms with E-state index in [-0.39, 0.29) is 5.57 Å². The lowest BCUT2D eigenvalue weighted by Crippen LogP contribution is -2.13. The Kier molecular flexibility index (Phi) is 5.55. The van der Waals surface area contributed by atoms with Crippen molar-refractivity contribution in [2.24, 2.45) is 0 Å². The average Bonchev–Trinajstić information content (AvgIpc) is 2.54. The quantitative estimate of drug-likeness (QED) is 0.479. The highest BCUT2D eigenvalue weighted by Crippen LogP contribution is 2.17. The summed E-state index contributed by atoms with van der Waals surface area (Å²) in [6.45, 7) is 0. The summed E-state index contributed by atoms with van der Waals surface area (Å²) < 4.78 is 6.20. The summed E-state index contributed by atoms with van der Waals surface area (Å²) in [4.78, 5) is 12.2. The monoisotopic (exact) mass is 404 g/mol. The number of hydrogen-bond acceptors (Lipinski definition) is 3. The highest BCUT2D eigenvalue weighted by atomic mass is 127. The number of nitrogens with one attached hydrogen (secondary N) is 1. The van der Waals surface area contributed by atoms with Gasteiger partial charge in [-0.1, -0.05) is 12.1 Å². The highest BCUT2D eigenvalue weighted by Gasteiger charge is 2.09. The molecule has 110 valence electrons. The Balaban J connectivity index is 2.19. The number of methoxy groups -OCH3 is 1. The Morgan fingerprint density at radius 2 is 2.00 bits per heavy atom. The zero-order valence-corrected chi connectivity index (χ0v) is 14.0. The molecule has 0 saturated heterocycles. The third-order valence-electron chi connectivity index (χ3n) is 2.87. The van der Waals surface area contributed by atoms with E-state index in [9.17, 15) is 10.1 Å². The van der Waals surface area contributed by atoms with Crippen LogP contribution in [-0.2, 0) is 4.79 Å². The number of carbonyl (C=O) groups excluding carboxylic acids is 1. The molecule has 0 heterocycles. The first kappa shape index (κ1) is 16.0. The summed E-state index contributed by atoms with van der Waals surface area (Å²) in [6, 6.07) is 16.4. The van der Waals surface area contributed by atoms with Crippen molar-refractivity contribution in [3.05, 3.63) is 63.2 Å². The maximum atomic E-state index is 12.2. The van der Waals surface area contributed by atoms with E-state index in [4.69, 9.17) is 4.74 Å². The number of nitrogens with zero attached hydrogens (tertiary/aromatic N) is 1. The maximum absolute atomic E-state index is 12.2. The molecule has 0 radical (unpaired) electrons. The van der Waals surface area contributed by atoms with E-state index in [1.165, 1.54) is 6.08 Å². The first-order valence-electron chi connectivity index (χ1n) is 6.45. The van der Waals surface area contributed by atoms with E-state index in [1.807, 2.05) is 18.2 Å². The van der Waals surface area contributed by atoms with Crippen LogP contribution >= 0.6 is 22.6 Å². The van der Waals surface area contributed by atoms with Gasteiger partial charge in [0.25, 0.3) is 5.91 Å². The molecular formula is C17H13IN2O2. The molecular weight excluding hydrogens is 391 g/mol. The van der Waals surface area contributed by atoms with Gasteiger partial charge in [0.05, 0.1) is 7.11 Å². The fourth-order valence-electron chi connectivity index (χ4n) is 1.78. The van der Waals surface area contributed by atoms with Crippen LogP contribution in [0.2, 0.25) is 0 Å². The molecule has 0 atom stereocenters. The second kappa shape index (κ2) is 7.61. The Morgan fingerprint density at radius 3 is 2.64 bits per heavy atom. The minimum atomic E-state index is -0.438. The van der Waals surface area contributed by atoms with E-state index in [2.05, 4.69) is 27.9 Å². The van der Waals surface area contributed by atoms with E-state index in [0.717, 1.165) is 9.13 Å². The number of halogens is 1. The molecule has 0 aromatic heterocycles. The molecule has 0 unspecified atom stereocenters. The molecule has 2 aromatic carbocycles. The topological polar surface area (TPSA) is 62.1 Å². The lowest BCUT2D eigenvalue weighted by atomic mass is 10.1. The first-order valence-corrected chi connectivity index (χ1v) is 7.53. The normalized spacial score (nSPS) is 10.7. The first-order chi connectivity index (χ1) is 10.6. The smallest absolute Gasteiger partial charge is 0.266 e. The van der Waals surface area contributed by atoms with Crippen molar-refractivity contribution in [2.75, 3.05) is 12.4 Å². The van der Waals surface area contributed by atoms with Gasteiger partial charge < -0.3 is 10.1 Å². The number of hydrogen-bond donors (Lipinski definition) is 1. The van der Waals surface area contributed by atoms with Gasteiger partial charge in [0.1, 0.15) is 17.4 Å². The molecule has 0 fully saturated rings. The largest absolute Gasteiger partial charge is 0.497 e. The molecule has 0 bridgehead atoms. The van der Waals surface area contributed by atoms with E-state index in [0.29, 0.717) is 11.4 Å². The molecule has 2 rings (SSSR count). The van der Waals surface area contributed by atoms with Crippen molar-refractivity contribution >= 4 is 40.3 Å². The van der Waals surface area contributed by atoms with Crippen molar-refractivity contribution in [2.45, 2.75) is 0 Å². The van der Waals surface area contributed by atoms with Crippen molar-refractivity contribution < 1.29 is 9.53 Å². The molecule has 5 heteroatoms. The Labute approximate surface area is 142 Å². The molecule has 1 N–H and O–H groups in total. The van der Waals surface area contributed by atoms with Crippen LogP contribution in [0.4, 0.5) is 5.69 Å². The molecule has 2 aromatic rings. The van der Waals surface area contributed by atoms with Crippen LogP contribution in [0.3, 0.4) is 0 Å². The second-order valence-corrected chi connectivity index (χ2v) is 5.65. The molecule has 0 aliphatic rings. The summed E-state index contributed by atoms with van der Waals surface area (Å²) in [5.74, 6) is 0.232. The van der Waals surface area contributed by atoms with Crippen molar-refractivity contribution in [1.29, 1.82) is 5.26 Å². The van der Waals surface area contributed by atoms with Crippen LogP contribution in [0.5, 0.6) is 5.75 Å². The van der Waals surface area contributed by atoms with Gasteiger partial charge in [-0.15, -0.1) is 0 Å². The highest BCUT2D eigenvalue weighted by molar-refractivity contribution is 14.1. The fourth-order valence-corrected chi connectivity index (χ4v) is 2.14. The summed E-state index contributed by atoms with van der Waals surface area (Å²) in [5, 5.41) is 11.9. The van der Waals surface area contributed by atoms with Crippen molar-refractivity contribution in [3.63, 3.8) is 0 Å². The predicted octanol–water partition coefficient (Wildman–Crippen LogP) is 3.85. The molecule has 0 spiro atoms. The molecule has 1 amide bonds. The third kappa shape index (κ3) is 4.33. The minimum absolute atomic E-state index is 0.0341. The Morgan fingerprint density at radius 1 is 1.27 bits per heavy atom. The fraction of sp³-hybridized carbons (Fsp3) is 0.0588. The van der Waals surface area contributed by atoms with Gasteiger partial charge >= 0.3 is 0 Å². The van der Waals surface area contributed by atoms with Gasteiger partial charge in [-0.05, 0) is 70.6 Å². The Bertz CT molecular complexity index is 746. The van der Waals surface area contributed by atoms with E-state index >= 15 is 0 Å². The SMILES string of the molecule is COc1cccc(/C=C(/C#N)C(=O)Nc2ccc(I)cc2)c1. The van der Waals surface area contributed by atoms with Gasteiger partial charge in [-0.3, -0.25) is 4.79 Å². The van der Waals surface area contributed by atoms with Crippen LogP contribution in [0, 0.1) is 14.9 Å². The summed E-state index contributed by atoms with van der Waals surface area (Å²) >= 11 is 2.18. The molecule has 22 heavy (non-hydrogen) atoms. The zero-order chi connectivity index (χ0) is 15.9. The molecule has 0 aliphatic heterocycles. The van der Waals surface area contributed by atoms with Crippen LogP contribution in [0.1, 0.15) is 5.56 Å². The second-order valence-electron chi connectivity index (χ2n) is 4.41. The zero-order valence-electron chi connectivity index (χ0n) is 11.8. The molecule has 0 saturated carbocycles. The third-order valence-corrected chi connectivity index (χ3v) is 3.59. The lowest BCUT2D eigenvalue weighted by Gasteiger charge is -2.05. The Hall–Kier alpha value is -2.33. The van der Waals surface area contributed by atoms with E-state index < -0.39 is 5.91 Å². The van der Waals surface area contributed by atoms with Crippen molar-refractivity contribution in [3.8, 4) is 11.8 Å². The van der Waals surface area contributed by atoms with Gasteiger partial charge in [0.15, 0.2) is 0 Å². The molecule has 0 aliphatic carbocycles. The number of rotatable bonds is 4. The maximum Gasteiger partial charge on any atom is 0.266 e. The standard InChI is InChI=1S/C17H13IN2O2/c1-22-16-4-2-3-12(10-16)9-13(11-19)17(21)20-15-7-5-14(18)6-8-15/h2-10H,1H3,(H,20,21)/b13-9-. The van der Waals surface area contributed by atoms with Crippen LogP contribution < -0.4 is 10.1 Å². The van der Waals surface area contributed by atoms with Crippen LogP contribution in [0.15, 0.2) is 54.1 Å². The lowest BCUT2D eigenvalue weighted by molar-refractivity contribution is -0.112. The summed E-state index contributed by atoms with van der Waals surface area (Å²) in [7, 11) is 1.57. The predicted molar refractivity (Wildman–Crippen MR) is 94.4 cm³/mol. The van der Waals surface area contributed by atoms with Gasteiger partial charge in [0, 0.05) is 9.26 Å². The number of nitriles is 1. The minimum Gasteiger partial charge on any atom is -0.497 e. The van der Waals surface area contributed by atoms with Crippen LogP contribution in [0.25, 0.3) is 6.08 Å². The summed E-state index contributed by atoms with van der Waals surface area (Å²) in [5.41, 5.74) is 1.41. The van der Waals surface area contributed by atoms with Gasteiger partial charge in [-0.2, -0.15) is 5.26 Å². The van der Waals surface area contributed by atoms with Crippen LogP contribution in [-0.4, -0.2) is 13.0 Å². The van der Waals surface area contributed by atoms with Gasteiger partial charge in [0.2, 0.25) is 0 Å². The average molecular weight is 404 g/mol. The number of benzene rings is 2. The van der Waals surface area contributed by atoms with E-state index in [1.54, 1.807) is 43.5 Å². The molecule has 4 nitrogen and oxygen atoms in total. The number of anilines is 1. The number of ether oxygens (including phenoxy) is 1. The number of amides is 1.